The van der Waals surface area contributed by atoms with Gasteiger partial charge in [-0.2, -0.15) is 0 Å². The van der Waals surface area contributed by atoms with Crippen molar-refractivity contribution in [1.82, 2.24) is 4.90 Å². The van der Waals surface area contributed by atoms with Crippen molar-refractivity contribution in [3.8, 4) is 0 Å². The van der Waals surface area contributed by atoms with E-state index in [-0.39, 0.29) is 19.0 Å². The molecule has 2 amide bonds. The van der Waals surface area contributed by atoms with E-state index in [2.05, 4.69) is 0 Å². The second-order valence-corrected chi connectivity index (χ2v) is 5.18. The first-order valence-electron chi connectivity index (χ1n) is 7.22. The number of carbonyl (C=O) groups excluding carboxylic acids is 1. The van der Waals surface area contributed by atoms with Crippen LogP contribution in [0.4, 0.5) is 16.2 Å². The number of hydrogen-bond acceptors (Lipinski definition) is 3. The number of carboxylic acid groups (broad SMARTS) is 1. The summed E-state index contributed by atoms with van der Waals surface area (Å²) in [5.74, 6) is -0.930. The second kappa shape index (κ2) is 6.97. The number of urea groups is 1. The number of carboxylic acids is 1. The minimum Gasteiger partial charge on any atom is -0.481 e. The number of nitrogens with zero attached hydrogens (tertiary/aromatic N) is 2. The first-order valence-corrected chi connectivity index (χ1v) is 7.22. The Morgan fingerprint density at radius 1 is 1.19 bits per heavy atom. The largest absolute Gasteiger partial charge is 0.481 e. The van der Waals surface area contributed by atoms with E-state index in [0.29, 0.717) is 11.4 Å². The van der Waals surface area contributed by atoms with Crippen molar-refractivity contribution < 1.29 is 14.7 Å². The molecule has 3 N–H and O–H groups in total. The minimum atomic E-state index is -0.930. The highest BCUT2D eigenvalue weighted by atomic mass is 16.4. The number of nitrogens with two attached hydrogens (primary N) is 1. The van der Waals surface area contributed by atoms with Gasteiger partial charge >= 0.3 is 12.0 Å². The number of hydrogen-bond donors (Lipinski definition) is 2. The van der Waals surface area contributed by atoms with Crippen molar-refractivity contribution in [2.45, 2.75) is 25.7 Å². The number of rotatable bonds is 4. The summed E-state index contributed by atoms with van der Waals surface area (Å²) < 4.78 is 0. The molecule has 6 nitrogen and oxygen atoms in total. The van der Waals surface area contributed by atoms with Crippen LogP contribution in [-0.4, -0.2) is 41.6 Å². The Balaban J connectivity index is 2.20. The van der Waals surface area contributed by atoms with Crippen LogP contribution in [0.5, 0.6) is 0 Å². The van der Waals surface area contributed by atoms with E-state index in [1.807, 2.05) is 0 Å². The fourth-order valence-corrected chi connectivity index (χ4v) is 2.52. The maximum absolute atomic E-state index is 12.7. The molecule has 1 saturated heterocycles. The number of nitrogen functional groups attached to an aromatic ring is 1. The van der Waals surface area contributed by atoms with Crippen molar-refractivity contribution in [3.63, 3.8) is 0 Å². The lowest BCUT2D eigenvalue weighted by molar-refractivity contribution is -0.136. The average molecular weight is 291 g/mol. The number of amides is 2. The Morgan fingerprint density at radius 2 is 1.86 bits per heavy atom. The van der Waals surface area contributed by atoms with Gasteiger partial charge in [-0.15, -0.1) is 0 Å². The van der Waals surface area contributed by atoms with Crippen LogP contribution in [0.15, 0.2) is 24.3 Å². The van der Waals surface area contributed by atoms with E-state index >= 15 is 0 Å². The number of anilines is 2. The minimum absolute atomic E-state index is 0.103. The van der Waals surface area contributed by atoms with Crippen molar-refractivity contribution in [2.24, 2.45) is 0 Å². The summed E-state index contributed by atoms with van der Waals surface area (Å²) in [5.41, 5.74) is 6.99. The van der Waals surface area contributed by atoms with Gasteiger partial charge in [-0.3, -0.25) is 9.69 Å². The molecule has 1 aliphatic rings. The zero-order valence-electron chi connectivity index (χ0n) is 12.0. The number of carbonyl (C=O) groups is 2. The molecule has 1 aromatic carbocycles. The molecule has 1 fully saturated rings. The molecule has 2 rings (SSSR count). The SMILES string of the molecule is Nc1ccccc1N(CCC(=O)O)C(=O)N1CCCCC1. The summed E-state index contributed by atoms with van der Waals surface area (Å²) in [5, 5.41) is 8.89. The average Bonchev–Trinajstić information content (AvgIpc) is 2.49. The fraction of sp³-hybridized carbons (Fsp3) is 0.467. The first-order chi connectivity index (χ1) is 10.1. The van der Waals surface area contributed by atoms with E-state index < -0.39 is 5.97 Å². The van der Waals surface area contributed by atoms with Gasteiger partial charge in [-0.05, 0) is 31.4 Å². The molecule has 6 heteroatoms. The summed E-state index contributed by atoms with van der Waals surface area (Å²) in [6.07, 6.45) is 3.01. The van der Waals surface area contributed by atoms with Gasteiger partial charge < -0.3 is 15.7 Å². The first kappa shape index (κ1) is 15.2. The highest BCUT2D eigenvalue weighted by molar-refractivity contribution is 5.95. The van der Waals surface area contributed by atoms with Gasteiger partial charge in [-0.1, -0.05) is 12.1 Å². The molecule has 21 heavy (non-hydrogen) atoms. The van der Waals surface area contributed by atoms with Crippen LogP contribution < -0.4 is 10.6 Å². The Hall–Kier alpha value is -2.24. The van der Waals surface area contributed by atoms with Crippen molar-refractivity contribution >= 4 is 23.4 Å². The Kier molecular flexibility index (Phi) is 5.03. The van der Waals surface area contributed by atoms with Crippen LogP contribution in [0.1, 0.15) is 25.7 Å². The van der Waals surface area contributed by atoms with Crippen LogP contribution in [0.25, 0.3) is 0 Å². The standard InChI is InChI=1S/C15H21N3O3/c16-12-6-2-3-7-13(12)18(11-8-14(19)20)15(21)17-9-4-1-5-10-17/h2-3,6-7H,1,4-5,8-11,16H2,(H,19,20). The fourth-order valence-electron chi connectivity index (χ4n) is 2.52. The highest BCUT2D eigenvalue weighted by Gasteiger charge is 2.25. The number of likely N-dealkylation sites (tertiary alicyclic amines) is 1. The topological polar surface area (TPSA) is 86.9 Å². The molecule has 0 atom stereocenters. The molecule has 0 aliphatic carbocycles. The molecule has 0 bridgehead atoms. The smallest absolute Gasteiger partial charge is 0.324 e. The molecule has 1 aromatic rings. The molecule has 1 heterocycles. The Morgan fingerprint density at radius 3 is 2.48 bits per heavy atom. The molecule has 114 valence electrons. The Labute approximate surface area is 124 Å². The lowest BCUT2D eigenvalue weighted by Gasteiger charge is -2.33. The van der Waals surface area contributed by atoms with Crippen LogP contribution in [0.3, 0.4) is 0 Å². The maximum Gasteiger partial charge on any atom is 0.324 e. The zero-order valence-corrected chi connectivity index (χ0v) is 12.0. The highest BCUT2D eigenvalue weighted by Crippen LogP contribution is 2.25. The van der Waals surface area contributed by atoms with Gasteiger partial charge in [0.05, 0.1) is 17.8 Å². The number of benzene rings is 1. The monoisotopic (exact) mass is 291 g/mol. The van der Waals surface area contributed by atoms with Crippen molar-refractivity contribution in [3.05, 3.63) is 24.3 Å². The lowest BCUT2D eigenvalue weighted by atomic mass is 10.1. The predicted molar refractivity (Wildman–Crippen MR) is 81.3 cm³/mol. The second-order valence-electron chi connectivity index (χ2n) is 5.18. The van der Waals surface area contributed by atoms with Gasteiger partial charge in [0.15, 0.2) is 0 Å². The van der Waals surface area contributed by atoms with Crippen LogP contribution in [0, 0.1) is 0 Å². The molecule has 0 aromatic heterocycles. The van der Waals surface area contributed by atoms with Crippen molar-refractivity contribution in [2.75, 3.05) is 30.3 Å². The Bertz CT molecular complexity index is 513. The number of aliphatic carboxylic acids is 1. The normalized spacial score (nSPS) is 14.8. The van der Waals surface area contributed by atoms with Gasteiger partial charge in [0, 0.05) is 19.6 Å². The van der Waals surface area contributed by atoms with E-state index in [1.54, 1.807) is 29.2 Å². The summed E-state index contributed by atoms with van der Waals surface area (Å²) in [4.78, 5) is 26.8. The molecule has 1 aliphatic heterocycles. The maximum atomic E-state index is 12.7. The third kappa shape index (κ3) is 3.87. The van der Waals surface area contributed by atoms with Crippen LogP contribution in [-0.2, 0) is 4.79 Å². The van der Waals surface area contributed by atoms with E-state index in [9.17, 15) is 9.59 Å². The molecule has 0 unspecified atom stereocenters. The molecular formula is C15H21N3O3. The lowest BCUT2D eigenvalue weighted by Crippen LogP contribution is -2.46. The summed E-state index contributed by atoms with van der Waals surface area (Å²) in [6, 6.07) is 6.89. The zero-order chi connectivity index (χ0) is 15.2. The number of piperidine rings is 1. The summed E-state index contributed by atoms with van der Waals surface area (Å²) in [7, 11) is 0. The number of para-hydroxylation sites is 2. The predicted octanol–water partition coefficient (Wildman–Crippen LogP) is 2.16. The quantitative estimate of drug-likeness (QED) is 0.832. The van der Waals surface area contributed by atoms with Crippen LogP contribution >= 0.6 is 0 Å². The van der Waals surface area contributed by atoms with Gasteiger partial charge in [0.25, 0.3) is 0 Å². The third-order valence-corrected chi connectivity index (χ3v) is 3.63. The molecule has 0 saturated carbocycles. The third-order valence-electron chi connectivity index (χ3n) is 3.63. The van der Waals surface area contributed by atoms with Crippen molar-refractivity contribution in [1.29, 1.82) is 0 Å². The van der Waals surface area contributed by atoms with Gasteiger partial charge in [-0.25, -0.2) is 4.79 Å². The van der Waals surface area contributed by atoms with E-state index in [0.717, 1.165) is 32.4 Å². The molecule has 0 spiro atoms. The van der Waals surface area contributed by atoms with E-state index in [1.165, 1.54) is 4.90 Å². The van der Waals surface area contributed by atoms with Crippen LogP contribution in [0.2, 0.25) is 0 Å². The van der Waals surface area contributed by atoms with Gasteiger partial charge in [0.2, 0.25) is 0 Å². The van der Waals surface area contributed by atoms with Gasteiger partial charge in [0.1, 0.15) is 0 Å². The summed E-state index contributed by atoms with van der Waals surface area (Å²) in [6.45, 7) is 1.56. The molecule has 0 radical (unpaired) electrons. The van der Waals surface area contributed by atoms with E-state index in [4.69, 9.17) is 10.8 Å². The molecular weight excluding hydrogens is 270 g/mol. The summed E-state index contributed by atoms with van der Waals surface area (Å²) >= 11 is 0.